The first-order valence-corrected chi connectivity index (χ1v) is 6.88. The van der Waals surface area contributed by atoms with Crippen LogP contribution >= 0.6 is 7.60 Å². The van der Waals surface area contributed by atoms with Gasteiger partial charge in [-0.15, -0.1) is 0 Å². The van der Waals surface area contributed by atoms with Crippen molar-refractivity contribution in [2.24, 2.45) is 0 Å². The molecule has 0 bridgehead atoms. The molecule has 0 unspecified atom stereocenters. The van der Waals surface area contributed by atoms with Crippen LogP contribution in [0, 0.1) is 0 Å². The third kappa shape index (κ3) is 3.22. The van der Waals surface area contributed by atoms with Gasteiger partial charge in [-0.3, -0.25) is 4.79 Å². The van der Waals surface area contributed by atoms with Crippen LogP contribution in [0.25, 0.3) is 0 Å². The highest BCUT2D eigenvalue weighted by molar-refractivity contribution is 7.70. The van der Waals surface area contributed by atoms with E-state index in [9.17, 15) is 9.36 Å². The second kappa shape index (κ2) is 5.52. The van der Waals surface area contributed by atoms with E-state index in [1.54, 1.807) is 60.7 Å². The smallest absolute Gasteiger partial charge is 0.411 e. The van der Waals surface area contributed by atoms with Gasteiger partial charge in [-0.25, -0.2) is 4.57 Å². The summed E-state index contributed by atoms with van der Waals surface area (Å²) in [5.41, 5.74) is 0. The fraction of sp³-hybridized carbons (Fsp3) is 0. The summed E-state index contributed by atoms with van der Waals surface area (Å²) >= 11 is 0. The fourth-order valence-corrected chi connectivity index (χ4v) is 2.27. The predicted molar refractivity (Wildman–Crippen MR) is 68.5 cm³/mol. The number of carbonyl (C=O) groups is 1. The molecule has 0 spiro atoms. The lowest BCUT2D eigenvalue weighted by Gasteiger charge is -2.14. The molecule has 2 rings (SSSR count). The summed E-state index contributed by atoms with van der Waals surface area (Å²) in [6.07, 6.45) is 0. The van der Waals surface area contributed by atoms with E-state index in [1.165, 1.54) is 0 Å². The highest BCUT2D eigenvalue weighted by atomic mass is 31.2. The van der Waals surface area contributed by atoms with Gasteiger partial charge in [0.1, 0.15) is 11.5 Å². The van der Waals surface area contributed by atoms with Gasteiger partial charge in [0.25, 0.3) is 6.03 Å². The molecule has 0 aromatic heterocycles. The lowest BCUT2D eigenvalue weighted by molar-refractivity contribution is 0.397. The highest BCUT2D eigenvalue weighted by Gasteiger charge is 2.27. The molecular weight excluding hydrogens is 251 g/mol. The summed E-state index contributed by atoms with van der Waals surface area (Å²) in [6, 6.07) is 17.0. The molecule has 0 aliphatic heterocycles. The van der Waals surface area contributed by atoms with Gasteiger partial charge in [-0.05, 0) is 24.3 Å². The van der Waals surface area contributed by atoms with Gasteiger partial charge >= 0.3 is 7.60 Å². The van der Waals surface area contributed by atoms with E-state index in [0.717, 1.165) is 0 Å². The van der Waals surface area contributed by atoms with E-state index in [2.05, 4.69) is 0 Å². The molecule has 0 aliphatic rings. The molecule has 0 amide bonds. The van der Waals surface area contributed by atoms with Gasteiger partial charge in [0.2, 0.25) is 0 Å². The van der Waals surface area contributed by atoms with Crippen LogP contribution in [0.2, 0.25) is 0 Å². The molecule has 0 N–H and O–H groups in total. The van der Waals surface area contributed by atoms with Crippen LogP contribution in [0.4, 0.5) is 0 Å². The monoisotopic (exact) mass is 262 g/mol. The first-order valence-electron chi connectivity index (χ1n) is 5.27. The summed E-state index contributed by atoms with van der Waals surface area (Å²) in [6.45, 7) is 0. The summed E-state index contributed by atoms with van der Waals surface area (Å²) in [4.78, 5) is 10.9. The Labute approximate surface area is 105 Å². The van der Waals surface area contributed by atoms with Crippen molar-refractivity contribution in [1.29, 1.82) is 0 Å². The van der Waals surface area contributed by atoms with Crippen LogP contribution in [-0.2, 0) is 9.36 Å². The Morgan fingerprint density at radius 1 is 0.778 bits per heavy atom. The van der Waals surface area contributed by atoms with Gasteiger partial charge in [0, 0.05) is 0 Å². The Hall–Kier alpha value is -2.06. The van der Waals surface area contributed by atoms with Crippen LogP contribution in [0.3, 0.4) is 0 Å². The third-order valence-corrected chi connectivity index (χ3v) is 3.27. The second-order valence-corrected chi connectivity index (χ2v) is 5.11. The maximum atomic E-state index is 12.1. The van der Waals surface area contributed by atoms with Crippen molar-refractivity contribution >= 4 is 13.6 Å². The number of hydrogen-bond donors (Lipinski definition) is 0. The van der Waals surface area contributed by atoms with Crippen molar-refractivity contribution in [2.45, 2.75) is 0 Å². The second-order valence-electron chi connectivity index (χ2n) is 3.45. The van der Waals surface area contributed by atoms with Crippen molar-refractivity contribution in [3.63, 3.8) is 0 Å². The molecular formula is C13H11O4P. The van der Waals surface area contributed by atoms with Gasteiger partial charge in [-0.2, -0.15) is 0 Å². The van der Waals surface area contributed by atoms with Crippen molar-refractivity contribution in [3.8, 4) is 11.5 Å². The minimum absolute atomic E-state index is 0.201. The van der Waals surface area contributed by atoms with Crippen LogP contribution in [0.5, 0.6) is 11.5 Å². The van der Waals surface area contributed by atoms with Gasteiger partial charge in [0.15, 0.2) is 0 Å². The quantitative estimate of drug-likeness (QED) is 0.611. The van der Waals surface area contributed by atoms with Crippen molar-refractivity contribution in [1.82, 2.24) is 0 Å². The molecule has 0 fully saturated rings. The largest absolute Gasteiger partial charge is 0.495 e. The molecule has 4 nitrogen and oxygen atoms in total. The molecule has 0 aliphatic carbocycles. The van der Waals surface area contributed by atoms with Crippen molar-refractivity contribution in [3.05, 3.63) is 60.7 Å². The highest BCUT2D eigenvalue weighted by Crippen LogP contribution is 2.45. The molecule has 0 radical (unpaired) electrons. The Kier molecular flexibility index (Phi) is 3.80. The van der Waals surface area contributed by atoms with E-state index in [-0.39, 0.29) is 6.03 Å². The number of rotatable bonds is 5. The van der Waals surface area contributed by atoms with Crippen LogP contribution in [-0.4, -0.2) is 6.03 Å². The average Bonchev–Trinajstić information content (AvgIpc) is 2.41. The van der Waals surface area contributed by atoms with Gasteiger partial charge < -0.3 is 9.05 Å². The third-order valence-electron chi connectivity index (χ3n) is 2.08. The zero-order chi connectivity index (χ0) is 12.8. The lowest BCUT2D eigenvalue weighted by atomic mass is 10.3. The zero-order valence-corrected chi connectivity index (χ0v) is 10.3. The maximum Gasteiger partial charge on any atom is 0.495 e. The molecule has 2 aromatic rings. The Morgan fingerprint density at radius 2 is 1.17 bits per heavy atom. The lowest BCUT2D eigenvalue weighted by Crippen LogP contribution is -2.01. The predicted octanol–water partition coefficient (Wildman–Crippen LogP) is 3.53. The Bertz CT molecular complexity index is 508. The minimum atomic E-state index is -3.82. The fourth-order valence-electron chi connectivity index (χ4n) is 1.32. The summed E-state index contributed by atoms with van der Waals surface area (Å²) in [7, 11) is -3.82. The Balaban J connectivity index is 2.16. The minimum Gasteiger partial charge on any atom is -0.411 e. The first-order chi connectivity index (χ1) is 8.72. The van der Waals surface area contributed by atoms with Crippen LogP contribution in [0.15, 0.2) is 60.7 Å². The van der Waals surface area contributed by atoms with E-state index in [4.69, 9.17) is 9.05 Å². The summed E-state index contributed by atoms with van der Waals surface area (Å²) in [5.74, 6) is 0.646. The molecule has 0 saturated carbocycles. The maximum absolute atomic E-state index is 12.1. The van der Waals surface area contributed by atoms with E-state index in [1.807, 2.05) is 0 Å². The molecule has 18 heavy (non-hydrogen) atoms. The number of benzene rings is 2. The topological polar surface area (TPSA) is 52.6 Å². The van der Waals surface area contributed by atoms with Gasteiger partial charge in [-0.1, -0.05) is 36.4 Å². The SMILES string of the molecule is O=CP(=O)(Oc1ccccc1)Oc1ccccc1. The average molecular weight is 262 g/mol. The molecule has 2 aromatic carbocycles. The molecule has 5 heteroatoms. The molecule has 0 saturated heterocycles. The normalized spacial score (nSPS) is 10.7. The van der Waals surface area contributed by atoms with Gasteiger partial charge in [0.05, 0.1) is 0 Å². The summed E-state index contributed by atoms with van der Waals surface area (Å²) in [5, 5.41) is 0. The standard InChI is InChI=1S/C13H11O4P/c14-11-18(15,16-12-7-3-1-4-8-12)17-13-9-5-2-6-10-13/h1-11H. The van der Waals surface area contributed by atoms with Crippen molar-refractivity contribution < 1.29 is 18.4 Å². The number of carbonyl (C=O) groups excluding carboxylic acids is 1. The number of hydrogen-bond acceptors (Lipinski definition) is 4. The van der Waals surface area contributed by atoms with E-state index >= 15 is 0 Å². The van der Waals surface area contributed by atoms with E-state index in [0.29, 0.717) is 11.5 Å². The first kappa shape index (κ1) is 12.4. The Morgan fingerprint density at radius 3 is 1.50 bits per heavy atom. The molecule has 0 heterocycles. The molecule has 92 valence electrons. The van der Waals surface area contributed by atoms with E-state index < -0.39 is 7.60 Å². The molecule has 0 atom stereocenters. The van der Waals surface area contributed by atoms with Crippen molar-refractivity contribution in [2.75, 3.05) is 0 Å². The van der Waals surface area contributed by atoms with Crippen LogP contribution < -0.4 is 9.05 Å². The number of para-hydroxylation sites is 2. The summed E-state index contributed by atoms with van der Waals surface area (Å²) < 4.78 is 22.3. The zero-order valence-electron chi connectivity index (χ0n) is 9.43. The van der Waals surface area contributed by atoms with Crippen LogP contribution in [0.1, 0.15) is 0 Å².